The van der Waals surface area contributed by atoms with E-state index < -0.39 is 0 Å². The van der Waals surface area contributed by atoms with Crippen molar-refractivity contribution in [3.8, 4) is 0 Å². The fourth-order valence-electron chi connectivity index (χ4n) is 2.50. The number of nitrogens with zero attached hydrogens (tertiary/aromatic N) is 1. The molecule has 0 aromatic heterocycles. The van der Waals surface area contributed by atoms with Gasteiger partial charge >= 0.3 is 0 Å². The van der Waals surface area contributed by atoms with E-state index >= 15 is 0 Å². The van der Waals surface area contributed by atoms with Crippen molar-refractivity contribution < 1.29 is 0 Å². The number of unbranched alkanes of at least 4 members (excludes halogenated alkanes) is 1. The van der Waals surface area contributed by atoms with Gasteiger partial charge in [-0.3, -0.25) is 0 Å². The van der Waals surface area contributed by atoms with Crippen LogP contribution >= 0.6 is 11.8 Å². The Labute approximate surface area is 119 Å². The number of aryl methyl sites for hydroxylation is 1. The molecule has 0 saturated heterocycles. The van der Waals surface area contributed by atoms with Crippen LogP contribution in [-0.2, 0) is 0 Å². The van der Waals surface area contributed by atoms with E-state index in [0.29, 0.717) is 0 Å². The molecule has 0 spiro atoms. The Balaban J connectivity index is 2.07. The maximum Gasteiger partial charge on any atom is 0.0553 e. The van der Waals surface area contributed by atoms with Gasteiger partial charge in [0.25, 0.3) is 0 Å². The summed E-state index contributed by atoms with van der Waals surface area (Å²) >= 11 is 1.89. The fraction of sp³-hybridized carbons (Fsp3) is 0.294. The molecular formula is C17H19NS. The third-order valence-corrected chi connectivity index (χ3v) is 4.63. The monoisotopic (exact) mass is 269 g/mol. The number of fused-ring (bicyclic) bond motifs is 2. The highest BCUT2D eigenvalue weighted by Crippen LogP contribution is 2.48. The average molecular weight is 269 g/mol. The molecule has 2 heteroatoms. The Kier molecular flexibility index (Phi) is 3.52. The lowest BCUT2D eigenvalue weighted by molar-refractivity contribution is 0.777. The maximum absolute atomic E-state index is 2.48. The van der Waals surface area contributed by atoms with Crippen LogP contribution in [0.15, 0.2) is 52.3 Å². The van der Waals surface area contributed by atoms with Crippen LogP contribution in [0.3, 0.4) is 0 Å². The highest BCUT2D eigenvalue weighted by molar-refractivity contribution is 7.99. The summed E-state index contributed by atoms with van der Waals surface area (Å²) in [5.41, 5.74) is 4.06. The highest BCUT2D eigenvalue weighted by Gasteiger charge is 2.22. The lowest BCUT2D eigenvalue weighted by Gasteiger charge is -2.33. The Morgan fingerprint density at radius 2 is 1.79 bits per heavy atom. The molecule has 0 unspecified atom stereocenters. The number of para-hydroxylation sites is 1. The molecule has 2 aromatic rings. The minimum atomic E-state index is 1.10. The third kappa shape index (κ3) is 2.37. The first-order valence-corrected chi connectivity index (χ1v) is 7.76. The number of hydrogen-bond acceptors (Lipinski definition) is 2. The molecule has 0 fully saturated rings. The number of hydrogen-bond donors (Lipinski definition) is 0. The van der Waals surface area contributed by atoms with E-state index in [4.69, 9.17) is 0 Å². The predicted molar refractivity (Wildman–Crippen MR) is 83.7 cm³/mol. The normalized spacial score (nSPS) is 13.1. The van der Waals surface area contributed by atoms with E-state index in [2.05, 4.69) is 61.2 Å². The average Bonchev–Trinajstić information content (AvgIpc) is 2.43. The number of anilines is 2. The largest absolute Gasteiger partial charge is 0.340 e. The topological polar surface area (TPSA) is 3.24 Å². The van der Waals surface area contributed by atoms with E-state index in [9.17, 15) is 0 Å². The second-order valence-electron chi connectivity index (χ2n) is 5.05. The molecule has 0 aliphatic carbocycles. The molecule has 1 nitrogen and oxygen atoms in total. The van der Waals surface area contributed by atoms with E-state index in [1.165, 1.54) is 39.6 Å². The first-order chi connectivity index (χ1) is 9.29. The second kappa shape index (κ2) is 5.30. The molecule has 0 N–H and O–H groups in total. The summed E-state index contributed by atoms with van der Waals surface area (Å²) in [6, 6.07) is 15.5. The fourth-order valence-corrected chi connectivity index (χ4v) is 3.69. The summed E-state index contributed by atoms with van der Waals surface area (Å²) in [7, 11) is 0. The third-order valence-electron chi connectivity index (χ3n) is 3.52. The quantitative estimate of drug-likeness (QED) is 0.734. The van der Waals surface area contributed by atoms with Gasteiger partial charge in [-0.2, -0.15) is 0 Å². The van der Waals surface area contributed by atoms with Crippen molar-refractivity contribution in [1.29, 1.82) is 0 Å². The lowest BCUT2D eigenvalue weighted by Crippen LogP contribution is -2.21. The zero-order chi connectivity index (χ0) is 13.2. The molecule has 1 heterocycles. The Morgan fingerprint density at radius 3 is 2.63 bits per heavy atom. The predicted octanol–water partition coefficient (Wildman–Crippen LogP) is 5.40. The molecule has 3 rings (SSSR count). The molecule has 0 amide bonds. The second-order valence-corrected chi connectivity index (χ2v) is 6.13. The van der Waals surface area contributed by atoms with Crippen LogP contribution in [0, 0.1) is 6.92 Å². The van der Waals surface area contributed by atoms with E-state index in [1.807, 2.05) is 11.8 Å². The smallest absolute Gasteiger partial charge is 0.0553 e. The van der Waals surface area contributed by atoms with Crippen molar-refractivity contribution in [3.05, 3.63) is 48.0 Å². The first-order valence-electron chi connectivity index (χ1n) is 6.94. The van der Waals surface area contributed by atoms with Crippen LogP contribution in [0.2, 0.25) is 0 Å². The van der Waals surface area contributed by atoms with Crippen LogP contribution in [0.25, 0.3) is 0 Å². The Hall–Kier alpha value is -1.41. The van der Waals surface area contributed by atoms with Crippen molar-refractivity contribution in [2.75, 3.05) is 11.4 Å². The van der Waals surface area contributed by atoms with E-state index in [1.54, 1.807) is 0 Å². The summed E-state index contributed by atoms with van der Waals surface area (Å²) in [4.78, 5) is 5.23. The van der Waals surface area contributed by atoms with Crippen LogP contribution in [0.5, 0.6) is 0 Å². The highest BCUT2D eigenvalue weighted by atomic mass is 32.2. The summed E-state index contributed by atoms with van der Waals surface area (Å²) in [5, 5.41) is 0. The van der Waals surface area contributed by atoms with Gasteiger partial charge in [-0.05, 0) is 43.2 Å². The SMILES string of the molecule is CCCCN1c2ccccc2Sc2cc(C)ccc21. The minimum absolute atomic E-state index is 1.10. The number of rotatable bonds is 3. The van der Waals surface area contributed by atoms with Gasteiger partial charge in [-0.25, -0.2) is 0 Å². The molecular weight excluding hydrogens is 250 g/mol. The molecule has 1 aliphatic heterocycles. The van der Waals surface area contributed by atoms with Crippen LogP contribution in [-0.4, -0.2) is 6.54 Å². The van der Waals surface area contributed by atoms with Gasteiger partial charge in [0.2, 0.25) is 0 Å². The van der Waals surface area contributed by atoms with Gasteiger partial charge in [0, 0.05) is 16.3 Å². The van der Waals surface area contributed by atoms with Crippen molar-refractivity contribution in [2.24, 2.45) is 0 Å². The van der Waals surface area contributed by atoms with Crippen LogP contribution in [0.4, 0.5) is 11.4 Å². The van der Waals surface area contributed by atoms with Gasteiger partial charge in [0.05, 0.1) is 11.4 Å². The first kappa shape index (κ1) is 12.6. The molecule has 19 heavy (non-hydrogen) atoms. The van der Waals surface area contributed by atoms with Crippen molar-refractivity contribution in [3.63, 3.8) is 0 Å². The number of benzene rings is 2. The van der Waals surface area contributed by atoms with Crippen LogP contribution in [0.1, 0.15) is 25.3 Å². The Morgan fingerprint density at radius 1 is 1.00 bits per heavy atom. The van der Waals surface area contributed by atoms with Crippen molar-refractivity contribution in [2.45, 2.75) is 36.5 Å². The summed E-state index contributed by atoms with van der Waals surface area (Å²) in [5.74, 6) is 0. The van der Waals surface area contributed by atoms with E-state index in [0.717, 1.165) is 6.54 Å². The summed E-state index contributed by atoms with van der Waals surface area (Å²) in [6.07, 6.45) is 2.46. The molecule has 0 bridgehead atoms. The molecule has 2 aromatic carbocycles. The van der Waals surface area contributed by atoms with Gasteiger partial charge in [-0.15, -0.1) is 0 Å². The summed E-state index contributed by atoms with van der Waals surface area (Å²) < 4.78 is 0. The lowest BCUT2D eigenvalue weighted by atomic mass is 10.1. The zero-order valence-corrected chi connectivity index (χ0v) is 12.3. The molecule has 0 radical (unpaired) electrons. The molecule has 0 atom stereocenters. The van der Waals surface area contributed by atoms with Gasteiger partial charge in [0.15, 0.2) is 0 Å². The minimum Gasteiger partial charge on any atom is -0.340 e. The Bertz CT molecular complexity index is 592. The zero-order valence-electron chi connectivity index (χ0n) is 11.5. The maximum atomic E-state index is 2.48. The van der Waals surface area contributed by atoms with Crippen LogP contribution < -0.4 is 4.90 Å². The van der Waals surface area contributed by atoms with Gasteiger partial charge in [-0.1, -0.05) is 43.3 Å². The summed E-state index contributed by atoms with van der Waals surface area (Å²) in [6.45, 7) is 5.52. The standard InChI is InChI=1S/C17H19NS/c1-3-4-11-18-14-7-5-6-8-16(14)19-17-12-13(2)9-10-15(17)18/h5-10,12H,3-4,11H2,1-2H3. The van der Waals surface area contributed by atoms with Gasteiger partial charge in [0.1, 0.15) is 0 Å². The molecule has 98 valence electrons. The molecule has 1 aliphatic rings. The molecule has 0 saturated carbocycles. The van der Waals surface area contributed by atoms with Crippen molar-refractivity contribution >= 4 is 23.1 Å². The van der Waals surface area contributed by atoms with Gasteiger partial charge < -0.3 is 4.90 Å². The van der Waals surface area contributed by atoms with E-state index in [-0.39, 0.29) is 0 Å². The van der Waals surface area contributed by atoms with Crippen molar-refractivity contribution in [1.82, 2.24) is 0 Å².